The molecule has 1 aromatic rings. The van der Waals surface area contributed by atoms with Gasteiger partial charge >= 0.3 is 11.9 Å². The summed E-state index contributed by atoms with van der Waals surface area (Å²) in [7, 11) is 0. The smallest absolute Gasteiger partial charge is 0.338 e. The number of anilines is 1. The van der Waals surface area contributed by atoms with Gasteiger partial charge in [0.2, 0.25) is 0 Å². The zero-order valence-electron chi connectivity index (χ0n) is 13.0. The SMILES string of the molecule is C=C/C(=C\C=C(/C=C)CNc1cccc(C(=O)O)c1C(=O)O)CO. The largest absolute Gasteiger partial charge is 0.478 e. The third-order valence-corrected chi connectivity index (χ3v) is 3.21. The van der Waals surface area contributed by atoms with Crippen molar-refractivity contribution in [2.24, 2.45) is 0 Å². The number of hydrogen-bond donors (Lipinski definition) is 4. The Morgan fingerprint density at radius 1 is 1.04 bits per heavy atom. The van der Waals surface area contributed by atoms with Crippen LogP contribution in [0.25, 0.3) is 0 Å². The highest BCUT2D eigenvalue weighted by Crippen LogP contribution is 2.21. The van der Waals surface area contributed by atoms with E-state index in [1.165, 1.54) is 24.3 Å². The van der Waals surface area contributed by atoms with Crippen LogP contribution in [0.4, 0.5) is 5.69 Å². The van der Waals surface area contributed by atoms with Gasteiger partial charge in [0.25, 0.3) is 0 Å². The zero-order chi connectivity index (χ0) is 18.1. The molecule has 0 aliphatic carbocycles. The number of carboxylic acid groups (broad SMARTS) is 2. The van der Waals surface area contributed by atoms with Gasteiger partial charge in [-0.15, -0.1) is 0 Å². The van der Waals surface area contributed by atoms with Crippen LogP contribution in [0, 0.1) is 0 Å². The number of aliphatic hydroxyl groups is 1. The highest BCUT2D eigenvalue weighted by molar-refractivity contribution is 6.05. The maximum absolute atomic E-state index is 11.4. The van der Waals surface area contributed by atoms with Crippen molar-refractivity contribution in [3.05, 3.63) is 77.9 Å². The summed E-state index contributed by atoms with van der Waals surface area (Å²) in [6, 6.07) is 4.20. The first-order valence-electron chi connectivity index (χ1n) is 7.03. The Hall–Kier alpha value is -3.12. The van der Waals surface area contributed by atoms with Crippen LogP contribution in [-0.2, 0) is 0 Å². The van der Waals surface area contributed by atoms with Crippen molar-refractivity contribution < 1.29 is 24.9 Å². The number of hydrogen-bond acceptors (Lipinski definition) is 4. The van der Waals surface area contributed by atoms with Crippen LogP contribution in [0.3, 0.4) is 0 Å². The Kier molecular flexibility index (Phi) is 7.19. The molecule has 4 N–H and O–H groups in total. The first-order chi connectivity index (χ1) is 11.4. The van der Waals surface area contributed by atoms with Crippen LogP contribution in [-0.4, -0.2) is 40.4 Å². The van der Waals surface area contributed by atoms with Crippen LogP contribution in [0.5, 0.6) is 0 Å². The van der Waals surface area contributed by atoms with Gasteiger partial charge in [0.15, 0.2) is 0 Å². The molecular weight excluding hydrogens is 310 g/mol. The Morgan fingerprint density at radius 3 is 2.17 bits per heavy atom. The average Bonchev–Trinajstić information content (AvgIpc) is 2.57. The van der Waals surface area contributed by atoms with Crippen molar-refractivity contribution in [1.29, 1.82) is 0 Å². The molecule has 24 heavy (non-hydrogen) atoms. The second kappa shape index (κ2) is 9.12. The summed E-state index contributed by atoms with van der Waals surface area (Å²) >= 11 is 0. The third kappa shape index (κ3) is 4.96. The number of benzene rings is 1. The van der Waals surface area contributed by atoms with Gasteiger partial charge in [0, 0.05) is 12.2 Å². The summed E-state index contributed by atoms with van der Waals surface area (Å²) in [6.07, 6.45) is 6.46. The highest BCUT2D eigenvalue weighted by atomic mass is 16.4. The van der Waals surface area contributed by atoms with Crippen molar-refractivity contribution >= 4 is 17.6 Å². The lowest BCUT2D eigenvalue weighted by molar-refractivity contribution is 0.0652. The summed E-state index contributed by atoms with van der Waals surface area (Å²) in [5, 5.41) is 30.3. The maximum Gasteiger partial charge on any atom is 0.338 e. The van der Waals surface area contributed by atoms with Gasteiger partial charge in [-0.3, -0.25) is 0 Å². The Morgan fingerprint density at radius 2 is 1.67 bits per heavy atom. The van der Waals surface area contributed by atoms with Gasteiger partial charge in [0.1, 0.15) is 0 Å². The van der Waals surface area contributed by atoms with Crippen LogP contribution in [0.15, 0.2) is 66.8 Å². The van der Waals surface area contributed by atoms with Crippen molar-refractivity contribution in [3.8, 4) is 0 Å². The Labute approximate surface area is 139 Å². The molecular formula is C18H19NO5. The number of nitrogens with one attached hydrogen (secondary N) is 1. The van der Waals surface area contributed by atoms with E-state index >= 15 is 0 Å². The number of aromatic carboxylic acids is 2. The third-order valence-electron chi connectivity index (χ3n) is 3.21. The molecule has 6 nitrogen and oxygen atoms in total. The molecule has 0 aliphatic heterocycles. The molecule has 126 valence electrons. The van der Waals surface area contributed by atoms with E-state index in [0.29, 0.717) is 5.57 Å². The number of aliphatic hydroxyl groups excluding tert-OH is 1. The molecule has 0 unspecified atom stereocenters. The molecule has 0 aromatic heterocycles. The Balaban J connectivity index is 3.07. The first-order valence-corrected chi connectivity index (χ1v) is 7.03. The fraction of sp³-hybridized carbons (Fsp3) is 0.111. The van der Waals surface area contributed by atoms with E-state index in [-0.39, 0.29) is 30.0 Å². The number of rotatable bonds is 9. The fourth-order valence-electron chi connectivity index (χ4n) is 1.90. The summed E-state index contributed by atoms with van der Waals surface area (Å²) in [5.74, 6) is -2.63. The summed E-state index contributed by atoms with van der Waals surface area (Å²) in [6.45, 7) is 7.32. The number of allylic oxidation sites excluding steroid dienone is 2. The van der Waals surface area contributed by atoms with E-state index in [4.69, 9.17) is 10.2 Å². The van der Waals surface area contributed by atoms with E-state index in [1.54, 1.807) is 18.2 Å². The molecule has 0 spiro atoms. The summed E-state index contributed by atoms with van der Waals surface area (Å²) in [4.78, 5) is 22.5. The minimum absolute atomic E-state index is 0.151. The molecule has 6 heteroatoms. The highest BCUT2D eigenvalue weighted by Gasteiger charge is 2.19. The summed E-state index contributed by atoms with van der Waals surface area (Å²) in [5.41, 5.74) is 0.954. The van der Waals surface area contributed by atoms with Crippen molar-refractivity contribution in [3.63, 3.8) is 0 Å². The molecule has 0 aliphatic rings. The lowest BCUT2D eigenvalue weighted by atomic mass is 10.0. The standard InChI is InChI=1S/C18H19NO5/c1-3-12(8-9-13(4-2)11-20)10-19-15-7-5-6-14(17(21)22)16(15)18(23)24/h3-9,19-20H,1-2,10-11H2,(H,21,22)(H,23,24)/b12-8+,13-9+. The molecule has 1 rings (SSSR count). The van der Waals surface area contributed by atoms with Gasteiger partial charge in [-0.05, 0) is 23.3 Å². The molecule has 0 saturated heterocycles. The normalized spacial score (nSPS) is 11.7. The van der Waals surface area contributed by atoms with Crippen LogP contribution >= 0.6 is 0 Å². The topological polar surface area (TPSA) is 107 Å². The Bertz CT molecular complexity index is 716. The summed E-state index contributed by atoms with van der Waals surface area (Å²) < 4.78 is 0. The minimum Gasteiger partial charge on any atom is -0.478 e. The average molecular weight is 329 g/mol. The molecule has 0 fully saturated rings. The van der Waals surface area contributed by atoms with Crippen molar-refractivity contribution in [2.75, 3.05) is 18.5 Å². The van der Waals surface area contributed by atoms with Gasteiger partial charge < -0.3 is 20.6 Å². The predicted molar refractivity (Wildman–Crippen MR) is 92.5 cm³/mol. The molecule has 0 saturated carbocycles. The lowest BCUT2D eigenvalue weighted by Crippen LogP contribution is -2.13. The van der Waals surface area contributed by atoms with E-state index in [9.17, 15) is 14.7 Å². The van der Waals surface area contributed by atoms with E-state index in [1.807, 2.05) is 0 Å². The van der Waals surface area contributed by atoms with E-state index in [0.717, 1.165) is 5.57 Å². The second-order valence-electron chi connectivity index (χ2n) is 4.74. The molecule has 0 bridgehead atoms. The molecule has 0 atom stereocenters. The minimum atomic E-state index is -1.33. The van der Waals surface area contributed by atoms with Gasteiger partial charge in [-0.1, -0.05) is 43.5 Å². The molecule has 0 heterocycles. The van der Waals surface area contributed by atoms with Crippen LogP contribution < -0.4 is 5.32 Å². The predicted octanol–water partition coefficient (Wildman–Crippen LogP) is 2.71. The van der Waals surface area contributed by atoms with Gasteiger partial charge in [-0.25, -0.2) is 9.59 Å². The second-order valence-corrected chi connectivity index (χ2v) is 4.74. The monoisotopic (exact) mass is 329 g/mol. The van der Waals surface area contributed by atoms with E-state index in [2.05, 4.69) is 18.5 Å². The number of carbonyl (C=O) groups is 2. The first kappa shape index (κ1) is 18.9. The maximum atomic E-state index is 11.4. The van der Waals surface area contributed by atoms with Crippen molar-refractivity contribution in [2.45, 2.75) is 0 Å². The zero-order valence-corrected chi connectivity index (χ0v) is 13.0. The van der Waals surface area contributed by atoms with Crippen LogP contribution in [0.2, 0.25) is 0 Å². The van der Waals surface area contributed by atoms with Crippen molar-refractivity contribution in [1.82, 2.24) is 0 Å². The quantitative estimate of drug-likeness (QED) is 0.519. The number of carboxylic acids is 2. The molecule has 1 aromatic carbocycles. The van der Waals surface area contributed by atoms with E-state index < -0.39 is 11.9 Å². The molecule has 0 amide bonds. The lowest BCUT2D eigenvalue weighted by Gasteiger charge is -2.12. The van der Waals surface area contributed by atoms with Gasteiger partial charge in [-0.2, -0.15) is 0 Å². The fourth-order valence-corrected chi connectivity index (χ4v) is 1.90. The van der Waals surface area contributed by atoms with Gasteiger partial charge in [0.05, 0.1) is 17.7 Å². The molecule has 0 radical (unpaired) electrons. The van der Waals surface area contributed by atoms with Crippen LogP contribution in [0.1, 0.15) is 20.7 Å².